The second-order valence-corrected chi connectivity index (χ2v) is 6.35. The lowest BCUT2D eigenvalue weighted by Gasteiger charge is -2.07. The van der Waals surface area contributed by atoms with Gasteiger partial charge >= 0.3 is 0 Å². The van der Waals surface area contributed by atoms with E-state index in [1.165, 1.54) is 24.8 Å². The topological polar surface area (TPSA) is 104 Å². The van der Waals surface area contributed by atoms with Crippen molar-refractivity contribution in [1.29, 1.82) is 0 Å². The first-order valence-corrected chi connectivity index (χ1v) is 8.85. The van der Waals surface area contributed by atoms with Crippen molar-refractivity contribution in [3.05, 3.63) is 46.4 Å². The summed E-state index contributed by atoms with van der Waals surface area (Å²) in [6.07, 6.45) is 1.62. The van der Waals surface area contributed by atoms with Crippen LogP contribution in [0, 0.1) is 0 Å². The summed E-state index contributed by atoms with van der Waals surface area (Å²) in [4.78, 5) is 41.5. The number of hydrogen-bond donors (Lipinski definition) is 3. The zero-order valence-corrected chi connectivity index (χ0v) is 14.9. The highest BCUT2D eigenvalue weighted by molar-refractivity contribution is 7.99. The first kappa shape index (κ1) is 18.7. The number of carbonyl (C=O) groups excluding carboxylic acids is 2. The monoisotopic (exact) mass is 360 g/mol. The zero-order valence-electron chi connectivity index (χ0n) is 14.1. The number of nitrogens with one attached hydrogen (secondary N) is 3. The van der Waals surface area contributed by atoms with Gasteiger partial charge in [0.1, 0.15) is 0 Å². The van der Waals surface area contributed by atoms with Crippen LogP contribution < -0.4 is 16.2 Å². The molecule has 0 spiro atoms. The molecule has 1 aromatic carbocycles. The molecule has 25 heavy (non-hydrogen) atoms. The lowest BCUT2D eigenvalue weighted by atomic mass is 10.2. The molecule has 1 heterocycles. The summed E-state index contributed by atoms with van der Waals surface area (Å²) in [5.41, 5.74) is 1.80. The van der Waals surface area contributed by atoms with Gasteiger partial charge in [-0.1, -0.05) is 25.1 Å². The van der Waals surface area contributed by atoms with Crippen molar-refractivity contribution in [3.63, 3.8) is 0 Å². The molecule has 0 saturated carbocycles. The summed E-state index contributed by atoms with van der Waals surface area (Å²) in [6.45, 7) is 3.45. The Morgan fingerprint density at radius 3 is 2.40 bits per heavy atom. The molecule has 0 bridgehead atoms. The van der Waals surface area contributed by atoms with Crippen molar-refractivity contribution < 1.29 is 9.59 Å². The number of benzene rings is 1. The number of anilines is 2. The number of amides is 2. The number of nitrogens with zero attached hydrogens (tertiary/aromatic N) is 1. The van der Waals surface area contributed by atoms with Crippen LogP contribution in [0.15, 0.2) is 40.3 Å². The molecule has 2 amide bonds. The molecular formula is C17H20N4O3S. The van der Waals surface area contributed by atoms with Crippen LogP contribution in [-0.2, 0) is 16.0 Å². The third-order valence-corrected chi connectivity index (χ3v) is 3.98. The summed E-state index contributed by atoms with van der Waals surface area (Å²) in [5.74, 6) is -0.229. The maximum atomic E-state index is 12.0. The molecule has 1 aromatic heterocycles. The van der Waals surface area contributed by atoms with Crippen molar-refractivity contribution in [3.8, 4) is 0 Å². The Hall–Kier alpha value is -2.61. The molecular weight excluding hydrogens is 340 g/mol. The molecule has 0 radical (unpaired) electrons. The number of aryl methyl sites for hydroxylation is 1. The molecule has 0 fully saturated rings. The van der Waals surface area contributed by atoms with E-state index in [1.54, 1.807) is 24.3 Å². The van der Waals surface area contributed by atoms with Gasteiger partial charge in [-0.2, -0.15) is 0 Å². The van der Waals surface area contributed by atoms with Crippen LogP contribution in [0.2, 0.25) is 0 Å². The largest absolute Gasteiger partial charge is 0.326 e. The van der Waals surface area contributed by atoms with Crippen LogP contribution in [0.1, 0.15) is 26.0 Å². The Bertz CT molecular complexity index is 802. The Kier molecular flexibility index (Phi) is 6.76. The van der Waals surface area contributed by atoms with Crippen LogP contribution >= 0.6 is 11.8 Å². The molecule has 0 saturated heterocycles. The van der Waals surface area contributed by atoms with E-state index in [1.807, 2.05) is 6.92 Å². The lowest BCUT2D eigenvalue weighted by molar-refractivity contribution is -0.114. The number of rotatable bonds is 7. The van der Waals surface area contributed by atoms with Gasteiger partial charge in [-0.05, 0) is 30.7 Å². The van der Waals surface area contributed by atoms with Crippen LogP contribution in [0.4, 0.5) is 11.4 Å². The molecule has 132 valence electrons. The van der Waals surface area contributed by atoms with E-state index in [0.29, 0.717) is 16.5 Å². The van der Waals surface area contributed by atoms with Crippen molar-refractivity contribution in [1.82, 2.24) is 9.97 Å². The molecule has 0 aliphatic heterocycles. The van der Waals surface area contributed by atoms with Gasteiger partial charge in [0.2, 0.25) is 11.8 Å². The fraction of sp³-hybridized carbons (Fsp3) is 0.294. The van der Waals surface area contributed by atoms with Gasteiger partial charge in [-0.15, -0.1) is 0 Å². The maximum absolute atomic E-state index is 12.0. The van der Waals surface area contributed by atoms with E-state index >= 15 is 0 Å². The average molecular weight is 360 g/mol. The normalized spacial score (nSPS) is 10.3. The number of H-pyrrole nitrogens is 1. The van der Waals surface area contributed by atoms with E-state index in [4.69, 9.17) is 0 Å². The summed E-state index contributed by atoms with van der Waals surface area (Å²) in [7, 11) is 0. The molecule has 0 unspecified atom stereocenters. The molecule has 0 aliphatic rings. The number of aromatic nitrogens is 2. The highest BCUT2D eigenvalue weighted by Crippen LogP contribution is 2.16. The summed E-state index contributed by atoms with van der Waals surface area (Å²) < 4.78 is 0. The summed E-state index contributed by atoms with van der Waals surface area (Å²) >= 11 is 1.18. The van der Waals surface area contributed by atoms with E-state index < -0.39 is 0 Å². The smallest absolute Gasteiger partial charge is 0.251 e. The first-order chi connectivity index (χ1) is 12.0. The minimum absolute atomic E-state index is 0.131. The second-order valence-electron chi connectivity index (χ2n) is 5.39. The molecule has 3 N–H and O–H groups in total. The van der Waals surface area contributed by atoms with Gasteiger partial charge in [0.25, 0.3) is 5.56 Å². The van der Waals surface area contributed by atoms with E-state index in [0.717, 1.165) is 18.5 Å². The van der Waals surface area contributed by atoms with Crippen molar-refractivity contribution in [2.75, 3.05) is 16.4 Å². The molecule has 0 aliphatic carbocycles. The molecule has 2 rings (SSSR count). The predicted molar refractivity (Wildman–Crippen MR) is 99.0 cm³/mol. The van der Waals surface area contributed by atoms with E-state index in [2.05, 4.69) is 20.6 Å². The van der Waals surface area contributed by atoms with Gasteiger partial charge in [0.15, 0.2) is 5.16 Å². The highest BCUT2D eigenvalue weighted by atomic mass is 32.2. The van der Waals surface area contributed by atoms with Crippen LogP contribution in [0.3, 0.4) is 0 Å². The van der Waals surface area contributed by atoms with Gasteiger partial charge < -0.3 is 15.6 Å². The zero-order chi connectivity index (χ0) is 18.2. The lowest BCUT2D eigenvalue weighted by Crippen LogP contribution is -2.16. The van der Waals surface area contributed by atoms with Gasteiger partial charge in [-0.3, -0.25) is 14.4 Å². The minimum atomic E-state index is -0.213. The second kappa shape index (κ2) is 9.03. The number of thioether (sulfide) groups is 1. The Labute approximate surface area is 149 Å². The molecule has 8 heteroatoms. The first-order valence-electron chi connectivity index (χ1n) is 7.87. The minimum Gasteiger partial charge on any atom is -0.326 e. The Balaban J connectivity index is 1.90. The molecule has 2 aromatic rings. The Morgan fingerprint density at radius 1 is 1.16 bits per heavy atom. The van der Waals surface area contributed by atoms with Gasteiger partial charge in [-0.25, -0.2) is 4.98 Å². The van der Waals surface area contributed by atoms with Gasteiger partial charge in [0, 0.05) is 30.1 Å². The van der Waals surface area contributed by atoms with Crippen molar-refractivity contribution in [2.45, 2.75) is 31.8 Å². The standard InChI is InChI=1S/C17H20N4O3S/c1-3-4-14-9-15(23)21-17(20-14)25-10-16(24)19-13-7-5-12(6-8-13)18-11(2)22/h5-9H,3-4,10H2,1-2H3,(H,18,22)(H,19,24)(H,20,21,23). The number of carbonyl (C=O) groups is 2. The third kappa shape index (κ3) is 6.42. The summed E-state index contributed by atoms with van der Waals surface area (Å²) in [6, 6.07) is 8.30. The highest BCUT2D eigenvalue weighted by Gasteiger charge is 2.07. The van der Waals surface area contributed by atoms with Crippen LogP contribution in [0.25, 0.3) is 0 Å². The van der Waals surface area contributed by atoms with E-state index in [-0.39, 0.29) is 23.1 Å². The predicted octanol–water partition coefficient (Wildman–Crippen LogP) is 2.41. The van der Waals surface area contributed by atoms with Crippen LogP contribution in [-0.4, -0.2) is 27.5 Å². The molecule has 0 atom stereocenters. The van der Waals surface area contributed by atoms with Gasteiger partial charge in [0.05, 0.1) is 5.75 Å². The van der Waals surface area contributed by atoms with Crippen LogP contribution in [0.5, 0.6) is 0 Å². The quantitative estimate of drug-likeness (QED) is 0.520. The van der Waals surface area contributed by atoms with Crippen molar-refractivity contribution >= 4 is 35.0 Å². The number of aromatic amines is 1. The fourth-order valence-corrected chi connectivity index (χ4v) is 2.80. The average Bonchev–Trinajstić information content (AvgIpc) is 2.54. The summed E-state index contributed by atoms with van der Waals surface area (Å²) in [5, 5.41) is 5.85. The molecule has 7 nitrogen and oxygen atoms in total. The Morgan fingerprint density at radius 2 is 1.80 bits per heavy atom. The fourth-order valence-electron chi connectivity index (χ4n) is 2.11. The van der Waals surface area contributed by atoms with Crippen molar-refractivity contribution in [2.24, 2.45) is 0 Å². The maximum Gasteiger partial charge on any atom is 0.251 e. The third-order valence-electron chi connectivity index (χ3n) is 3.11. The number of hydrogen-bond acceptors (Lipinski definition) is 5. The SMILES string of the molecule is CCCc1cc(=O)[nH]c(SCC(=O)Nc2ccc(NC(C)=O)cc2)n1. The van der Waals surface area contributed by atoms with E-state index in [9.17, 15) is 14.4 Å².